The van der Waals surface area contributed by atoms with Crippen LogP contribution < -0.4 is 5.32 Å². The Morgan fingerprint density at radius 1 is 1.24 bits per heavy atom. The Morgan fingerprint density at radius 3 is 2.62 bits per heavy atom. The lowest BCUT2D eigenvalue weighted by Gasteiger charge is -2.33. The van der Waals surface area contributed by atoms with Crippen molar-refractivity contribution in [3.05, 3.63) is 15.7 Å². The van der Waals surface area contributed by atoms with E-state index in [4.69, 9.17) is 0 Å². The summed E-state index contributed by atoms with van der Waals surface area (Å²) in [6, 6.07) is 1.25. The van der Waals surface area contributed by atoms with Crippen molar-refractivity contribution in [3.8, 4) is 0 Å². The van der Waals surface area contributed by atoms with Crippen molar-refractivity contribution in [3.63, 3.8) is 0 Å². The summed E-state index contributed by atoms with van der Waals surface area (Å²) in [6.07, 6.45) is 6.58. The van der Waals surface area contributed by atoms with Gasteiger partial charge in [-0.15, -0.1) is 11.3 Å². The molecule has 21 heavy (non-hydrogen) atoms. The molecule has 2 aromatic heterocycles. The number of nitrogens with zero attached hydrogens (tertiary/aromatic N) is 3. The number of nitrogens with one attached hydrogen (secondary N) is 1. The maximum Gasteiger partial charge on any atom is 0.139 e. The number of aromatic nitrogens is 2. The maximum absolute atomic E-state index is 4.47. The molecule has 1 aliphatic rings. The monoisotopic (exact) mass is 368 g/mol. The van der Waals surface area contributed by atoms with Gasteiger partial charge in [0.05, 0.1) is 5.39 Å². The molecule has 4 nitrogen and oxygen atoms in total. The van der Waals surface area contributed by atoms with Crippen LogP contribution in [0.15, 0.2) is 10.8 Å². The predicted octanol–water partition coefficient (Wildman–Crippen LogP) is 4.05. The van der Waals surface area contributed by atoms with Gasteiger partial charge in [0.2, 0.25) is 0 Å². The Labute approximate surface area is 138 Å². The van der Waals surface area contributed by atoms with Gasteiger partial charge in [0, 0.05) is 21.4 Å². The standard InChI is InChI=1S/C15H21BrN4S/c1-9-13(16)12-14(17-8-18-15(12)21-9)19-10-4-6-11(7-5-10)20(2)3/h8,10-11H,4-7H2,1-3H3,(H,17,18,19)/t10-,11-. The van der Waals surface area contributed by atoms with Crippen LogP contribution in [-0.2, 0) is 0 Å². The van der Waals surface area contributed by atoms with Crippen LogP contribution in [-0.4, -0.2) is 41.0 Å². The summed E-state index contributed by atoms with van der Waals surface area (Å²) in [5, 5.41) is 4.78. The summed E-state index contributed by atoms with van der Waals surface area (Å²) in [5.41, 5.74) is 0. The molecule has 0 bridgehead atoms. The zero-order chi connectivity index (χ0) is 15.0. The van der Waals surface area contributed by atoms with Crippen LogP contribution in [0.4, 0.5) is 5.82 Å². The summed E-state index contributed by atoms with van der Waals surface area (Å²) >= 11 is 5.39. The topological polar surface area (TPSA) is 41.1 Å². The van der Waals surface area contributed by atoms with Crippen molar-refractivity contribution >= 4 is 43.3 Å². The highest BCUT2D eigenvalue weighted by Gasteiger charge is 2.23. The predicted molar refractivity (Wildman–Crippen MR) is 93.2 cm³/mol. The minimum atomic E-state index is 0.520. The normalized spacial score (nSPS) is 22.9. The molecule has 1 aliphatic carbocycles. The van der Waals surface area contributed by atoms with Crippen molar-refractivity contribution in [2.24, 2.45) is 0 Å². The summed E-state index contributed by atoms with van der Waals surface area (Å²) in [6.45, 7) is 2.11. The van der Waals surface area contributed by atoms with Crippen LogP contribution in [0.2, 0.25) is 0 Å². The third kappa shape index (κ3) is 3.07. The van der Waals surface area contributed by atoms with E-state index in [9.17, 15) is 0 Å². The smallest absolute Gasteiger partial charge is 0.139 e. The Morgan fingerprint density at radius 2 is 1.95 bits per heavy atom. The molecule has 114 valence electrons. The molecule has 1 N–H and O–H groups in total. The number of hydrogen-bond acceptors (Lipinski definition) is 5. The van der Waals surface area contributed by atoms with E-state index in [0.717, 1.165) is 26.5 Å². The molecule has 6 heteroatoms. The third-order valence-corrected chi connectivity index (χ3v) is 6.63. The fourth-order valence-electron chi connectivity index (χ4n) is 3.05. The van der Waals surface area contributed by atoms with Crippen LogP contribution in [0.5, 0.6) is 0 Å². The van der Waals surface area contributed by atoms with Gasteiger partial charge < -0.3 is 10.2 Å². The van der Waals surface area contributed by atoms with Crippen molar-refractivity contribution in [1.29, 1.82) is 0 Å². The number of aryl methyl sites for hydroxylation is 1. The van der Waals surface area contributed by atoms with E-state index < -0.39 is 0 Å². The lowest BCUT2D eigenvalue weighted by atomic mass is 9.90. The Hall–Kier alpha value is -0.720. The lowest BCUT2D eigenvalue weighted by Crippen LogP contribution is -2.36. The van der Waals surface area contributed by atoms with Crippen molar-refractivity contribution in [2.45, 2.75) is 44.7 Å². The highest BCUT2D eigenvalue weighted by molar-refractivity contribution is 9.10. The first-order valence-corrected chi connectivity index (χ1v) is 8.99. The van der Waals surface area contributed by atoms with Crippen molar-refractivity contribution < 1.29 is 0 Å². The first kappa shape index (κ1) is 15.2. The molecule has 0 unspecified atom stereocenters. The van der Waals surface area contributed by atoms with Gasteiger partial charge in [0.25, 0.3) is 0 Å². The second-order valence-electron chi connectivity index (χ2n) is 5.99. The van der Waals surface area contributed by atoms with Crippen LogP contribution in [0, 0.1) is 6.92 Å². The second kappa shape index (κ2) is 6.18. The number of rotatable bonds is 3. The van der Waals surface area contributed by atoms with E-state index >= 15 is 0 Å². The van der Waals surface area contributed by atoms with Crippen molar-refractivity contribution in [2.75, 3.05) is 19.4 Å². The minimum absolute atomic E-state index is 0.520. The molecule has 0 amide bonds. The zero-order valence-electron chi connectivity index (χ0n) is 12.7. The average Bonchev–Trinajstić information content (AvgIpc) is 2.76. The molecule has 0 atom stereocenters. The number of halogens is 1. The van der Waals surface area contributed by atoms with Gasteiger partial charge in [-0.3, -0.25) is 0 Å². The van der Waals surface area contributed by atoms with Crippen LogP contribution in [0.25, 0.3) is 10.2 Å². The Kier molecular flexibility index (Phi) is 4.47. The van der Waals surface area contributed by atoms with Crippen molar-refractivity contribution in [1.82, 2.24) is 14.9 Å². The van der Waals surface area contributed by atoms with Crippen LogP contribution >= 0.6 is 27.3 Å². The number of fused-ring (bicyclic) bond motifs is 1. The Balaban J connectivity index is 1.77. The van der Waals surface area contributed by atoms with E-state index in [-0.39, 0.29) is 0 Å². The van der Waals surface area contributed by atoms with Gasteiger partial charge in [-0.25, -0.2) is 9.97 Å². The molecule has 0 saturated heterocycles. The zero-order valence-corrected chi connectivity index (χ0v) is 15.1. The largest absolute Gasteiger partial charge is 0.367 e. The molecule has 1 saturated carbocycles. The molecule has 0 spiro atoms. The van der Waals surface area contributed by atoms with E-state index in [1.807, 2.05) is 0 Å². The molecule has 2 aromatic rings. The Bertz CT molecular complexity index is 632. The van der Waals surface area contributed by atoms with Gasteiger partial charge >= 0.3 is 0 Å². The fourth-order valence-corrected chi connectivity index (χ4v) is 4.68. The van der Waals surface area contributed by atoms with Gasteiger partial charge in [0.1, 0.15) is 17.0 Å². The molecular formula is C15H21BrN4S. The lowest BCUT2D eigenvalue weighted by molar-refractivity contribution is 0.221. The summed E-state index contributed by atoms with van der Waals surface area (Å²) in [7, 11) is 4.36. The molecule has 0 radical (unpaired) electrons. The highest BCUT2D eigenvalue weighted by atomic mass is 79.9. The molecule has 2 heterocycles. The van der Waals surface area contributed by atoms with Gasteiger partial charge in [-0.2, -0.15) is 0 Å². The number of thiophene rings is 1. The highest BCUT2D eigenvalue weighted by Crippen LogP contribution is 2.38. The third-order valence-electron chi connectivity index (χ3n) is 4.36. The summed E-state index contributed by atoms with van der Waals surface area (Å²) < 4.78 is 1.13. The molecular weight excluding hydrogens is 348 g/mol. The minimum Gasteiger partial charge on any atom is -0.367 e. The first-order valence-electron chi connectivity index (χ1n) is 7.39. The van der Waals surface area contributed by atoms with Crippen LogP contribution in [0.3, 0.4) is 0 Å². The van der Waals surface area contributed by atoms with Gasteiger partial charge in [0.15, 0.2) is 0 Å². The van der Waals surface area contributed by atoms with E-state index in [1.54, 1.807) is 17.7 Å². The maximum atomic E-state index is 4.47. The van der Waals surface area contributed by atoms with Gasteiger partial charge in [-0.1, -0.05) is 0 Å². The summed E-state index contributed by atoms with van der Waals surface area (Å²) in [5.74, 6) is 0.976. The van der Waals surface area contributed by atoms with Crippen LogP contribution in [0.1, 0.15) is 30.6 Å². The first-order chi connectivity index (χ1) is 10.1. The fraction of sp³-hybridized carbons (Fsp3) is 0.600. The van der Waals surface area contributed by atoms with E-state index in [0.29, 0.717) is 6.04 Å². The average molecular weight is 369 g/mol. The SMILES string of the molecule is Cc1sc2ncnc(N[C@H]3CC[C@H](N(C)C)CC3)c2c1Br. The van der Waals surface area contributed by atoms with E-state index in [1.165, 1.54) is 30.6 Å². The molecule has 3 rings (SSSR count). The van der Waals surface area contributed by atoms with Gasteiger partial charge in [-0.05, 0) is 62.6 Å². The number of hydrogen-bond donors (Lipinski definition) is 1. The molecule has 1 fully saturated rings. The quantitative estimate of drug-likeness (QED) is 0.886. The molecule has 0 aromatic carbocycles. The summed E-state index contributed by atoms with van der Waals surface area (Å²) in [4.78, 5) is 13.5. The number of anilines is 1. The second-order valence-corrected chi connectivity index (χ2v) is 7.98. The van der Waals surface area contributed by atoms with E-state index in [2.05, 4.69) is 57.1 Å². The molecule has 0 aliphatic heterocycles.